The van der Waals surface area contributed by atoms with Gasteiger partial charge in [0.2, 0.25) is 0 Å². The van der Waals surface area contributed by atoms with Gasteiger partial charge in [0.05, 0.1) is 6.21 Å². The molecule has 1 aliphatic carbocycles. The lowest BCUT2D eigenvalue weighted by atomic mass is 10.0. The van der Waals surface area contributed by atoms with Crippen LogP contribution < -0.4 is 11.2 Å². The summed E-state index contributed by atoms with van der Waals surface area (Å²) in [4.78, 5) is 12.6. The van der Waals surface area contributed by atoms with Gasteiger partial charge in [-0.15, -0.1) is 0 Å². The molecule has 0 aliphatic heterocycles. The third kappa shape index (κ3) is 3.11. The Morgan fingerprint density at radius 3 is 2.64 bits per heavy atom. The van der Waals surface area contributed by atoms with Crippen LogP contribution in [0.2, 0.25) is 0 Å². The van der Waals surface area contributed by atoms with E-state index in [0.29, 0.717) is 5.56 Å². The molecule has 0 unspecified atom stereocenters. The first kappa shape index (κ1) is 15.4. The average Bonchev–Trinajstić information content (AvgIpc) is 3.09. The van der Waals surface area contributed by atoms with E-state index in [2.05, 4.69) is 22.6 Å². The van der Waals surface area contributed by atoms with Crippen molar-refractivity contribution in [2.75, 3.05) is 5.32 Å². The second-order valence-electron chi connectivity index (χ2n) is 6.39. The van der Waals surface area contributed by atoms with Crippen molar-refractivity contribution in [2.45, 2.75) is 19.3 Å². The molecule has 0 bridgehead atoms. The minimum absolute atomic E-state index is 0.0903. The normalized spacial score (nSPS) is 13.3. The Balaban J connectivity index is 1.58. The highest BCUT2D eigenvalue weighted by atomic mass is 16.1. The molecule has 0 heterocycles. The zero-order valence-electron chi connectivity index (χ0n) is 13.8. The quantitative estimate of drug-likeness (QED) is 0.435. The number of benzene rings is 3. The molecule has 4 nitrogen and oxygen atoms in total. The molecule has 0 radical (unpaired) electrons. The molecule has 124 valence electrons. The fourth-order valence-corrected chi connectivity index (χ4v) is 3.42. The molecular weight excluding hydrogens is 310 g/mol. The lowest BCUT2D eigenvalue weighted by Crippen LogP contribution is -2.12. The molecule has 4 heteroatoms. The van der Waals surface area contributed by atoms with Crippen molar-refractivity contribution in [3.05, 3.63) is 76.9 Å². The van der Waals surface area contributed by atoms with Crippen LogP contribution >= 0.6 is 0 Å². The van der Waals surface area contributed by atoms with Crippen LogP contribution in [-0.2, 0) is 12.8 Å². The molecule has 1 aliphatic rings. The summed E-state index contributed by atoms with van der Waals surface area (Å²) in [5, 5.41) is 8.61. The lowest BCUT2D eigenvalue weighted by Gasteiger charge is -2.08. The molecule has 0 fully saturated rings. The summed E-state index contributed by atoms with van der Waals surface area (Å²) in [6, 6.07) is 17.8. The molecular formula is C21H19N3O. The molecule has 3 N–H and O–H groups in total. The SMILES string of the molecule is NN=Cc1ccc2cc(C(=O)Nc3ccc4c(c3)CCC4)ccc2c1. The average molecular weight is 329 g/mol. The first-order valence-corrected chi connectivity index (χ1v) is 8.43. The summed E-state index contributed by atoms with van der Waals surface area (Å²) in [5.41, 5.74) is 5.20. The number of carbonyl (C=O) groups excluding carboxylic acids is 1. The van der Waals surface area contributed by atoms with Crippen molar-refractivity contribution in [1.82, 2.24) is 0 Å². The maximum Gasteiger partial charge on any atom is 0.255 e. The summed E-state index contributed by atoms with van der Waals surface area (Å²) < 4.78 is 0. The minimum atomic E-state index is -0.0903. The van der Waals surface area contributed by atoms with Crippen LogP contribution in [0.1, 0.15) is 33.5 Å². The number of hydrazone groups is 1. The van der Waals surface area contributed by atoms with E-state index in [-0.39, 0.29) is 5.91 Å². The Bertz CT molecular complexity index is 992. The van der Waals surface area contributed by atoms with Gasteiger partial charge in [-0.2, -0.15) is 5.10 Å². The standard InChI is InChI=1S/C21H19N3O/c22-23-13-14-4-5-18-11-19(7-6-17(18)10-14)21(25)24-20-9-8-15-2-1-3-16(15)12-20/h4-13H,1-3,22H2,(H,24,25). The van der Waals surface area contributed by atoms with E-state index in [9.17, 15) is 4.79 Å². The summed E-state index contributed by atoms with van der Waals surface area (Å²) in [6.45, 7) is 0. The predicted octanol–water partition coefficient (Wildman–Crippen LogP) is 3.87. The number of anilines is 1. The summed E-state index contributed by atoms with van der Waals surface area (Å²) in [7, 11) is 0. The van der Waals surface area contributed by atoms with Gasteiger partial charge in [0, 0.05) is 11.3 Å². The summed E-state index contributed by atoms with van der Waals surface area (Å²) in [6.07, 6.45) is 5.05. The van der Waals surface area contributed by atoms with Gasteiger partial charge in [0.1, 0.15) is 0 Å². The molecule has 0 spiro atoms. The van der Waals surface area contributed by atoms with Crippen LogP contribution in [0, 0.1) is 0 Å². The molecule has 0 aromatic heterocycles. The first-order chi connectivity index (χ1) is 12.2. The smallest absolute Gasteiger partial charge is 0.255 e. The number of fused-ring (bicyclic) bond motifs is 2. The van der Waals surface area contributed by atoms with Gasteiger partial charge in [0.15, 0.2) is 0 Å². The van der Waals surface area contributed by atoms with Gasteiger partial charge in [-0.25, -0.2) is 0 Å². The number of carbonyl (C=O) groups is 1. The monoisotopic (exact) mass is 329 g/mol. The van der Waals surface area contributed by atoms with Crippen molar-refractivity contribution >= 4 is 28.6 Å². The van der Waals surface area contributed by atoms with E-state index in [4.69, 9.17) is 5.84 Å². The van der Waals surface area contributed by atoms with Crippen LogP contribution in [-0.4, -0.2) is 12.1 Å². The fourth-order valence-electron chi connectivity index (χ4n) is 3.42. The van der Waals surface area contributed by atoms with Gasteiger partial charge in [0.25, 0.3) is 5.91 Å². The maximum atomic E-state index is 12.6. The van der Waals surface area contributed by atoms with E-state index in [0.717, 1.165) is 34.9 Å². The fraction of sp³-hybridized carbons (Fsp3) is 0.143. The van der Waals surface area contributed by atoms with Gasteiger partial charge < -0.3 is 11.2 Å². The number of hydrogen-bond acceptors (Lipinski definition) is 3. The first-order valence-electron chi connectivity index (χ1n) is 8.43. The number of rotatable bonds is 3. The van der Waals surface area contributed by atoms with Crippen molar-refractivity contribution in [3.8, 4) is 0 Å². The Kier molecular flexibility index (Phi) is 3.94. The Hall–Kier alpha value is -3.14. The molecule has 1 amide bonds. The number of nitrogens with zero attached hydrogens (tertiary/aromatic N) is 1. The van der Waals surface area contributed by atoms with Crippen molar-refractivity contribution in [1.29, 1.82) is 0 Å². The molecule has 3 aromatic carbocycles. The summed E-state index contributed by atoms with van der Waals surface area (Å²) >= 11 is 0. The maximum absolute atomic E-state index is 12.6. The second-order valence-corrected chi connectivity index (χ2v) is 6.39. The number of aryl methyl sites for hydroxylation is 2. The van der Waals surface area contributed by atoms with Crippen molar-refractivity contribution < 1.29 is 4.79 Å². The van der Waals surface area contributed by atoms with Crippen LogP contribution in [0.5, 0.6) is 0 Å². The molecule has 4 rings (SSSR count). The van der Waals surface area contributed by atoms with Crippen molar-refractivity contribution in [2.24, 2.45) is 10.9 Å². The van der Waals surface area contributed by atoms with Gasteiger partial charge in [-0.3, -0.25) is 4.79 Å². The van der Waals surface area contributed by atoms with Gasteiger partial charge in [-0.05, 0) is 77.1 Å². The Labute approximate surface area is 146 Å². The number of nitrogens with one attached hydrogen (secondary N) is 1. The van der Waals surface area contributed by atoms with Crippen LogP contribution in [0.4, 0.5) is 5.69 Å². The molecule has 3 aromatic rings. The molecule has 0 saturated carbocycles. The van der Waals surface area contributed by atoms with E-state index < -0.39 is 0 Å². The van der Waals surface area contributed by atoms with E-state index in [1.54, 1.807) is 6.21 Å². The number of nitrogens with two attached hydrogens (primary N) is 1. The van der Waals surface area contributed by atoms with Gasteiger partial charge in [-0.1, -0.05) is 24.3 Å². The summed E-state index contributed by atoms with van der Waals surface area (Å²) in [5.74, 6) is 5.10. The van der Waals surface area contributed by atoms with Gasteiger partial charge >= 0.3 is 0 Å². The predicted molar refractivity (Wildman–Crippen MR) is 102 cm³/mol. The Morgan fingerprint density at radius 1 is 0.960 bits per heavy atom. The largest absolute Gasteiger partial charge is 0.323 e. The Morgan fingerprint density at radius 2 is 1.76 bits per heavy atom. The molecule has 25 heavy (non-hydrogen) atoms. The zero-order chi connectivity index (χ0) is 17.2. The van der Waals surface area contributed by atoms with E-state index in [1.807, 2.05) is 42.5 Å². The van der Waals surface area contributed by atoms with Crippen LogP contribution in [0.3, 0.4) is 0 Å². The topological polar surface area (TPSA) is 67.5 Å². The number of amides is 1. The third-order valence-corrected chi connectivity index (χ3v) is 4.71. The van der Waals surface area contributed by atoms with Crippen LogP contribution in [0.15, 0.2) is 59.7 Å². The van der Waals surface area contributed by atoms with Crippen molar-refractivity contribution in [3.63, 3.8) is 0 Å². The highest BCUT2D eigenvalue weighted by Gasteiger charge is 2.12. The minimum Gasteiger partial charge on any atom is -0.323 e. The van der Waals surface area contributed by atoms with Crippen LogP contribution in [0.25, 0.3) is 10.8 Å². The lowest BCUT2D eigenvalue weighted by molar-refractivity contribution is 0.102. The molecule has 0 atom stereocenters. The molecule has 0 saturated heterocycles. The van der Waals surface area contributed by atoms with E-state index >= 15 is 0 Å². The second kappa shape index (κ2) is 6.40. The highest BCUT2D eigenvalue weighted by molar-refractivity contribution is 6.06. The third-order valence-electron chi connectivity index (χ3n) is 4.71. The highest BCUT2D eigenvalue weighted by Crippen LogP contribution is 2.25. The van der Waals surface area contributed by atoms with E-state index in [1.165, 1.54) is 17.5 Å². The number of hydrogen-bond donors (Lipinski definition) is 2. The zero-order valence-corrected chi connectivity index (χ0v) is 13.8.